The molecule has 25 heavy (non-hydrogen) atoms. The molecular weight excluding hydrogens is 378 g/mol. The summed E-state index contributed by atoms with van der Waals surface area (Å²) in [6.07, 6.45) is 3.95. The number of quaternary nitrogens is 1. The smallest absolute Gasteiger partial charge is 0.169 e. The third kappa shape index (κ3) is 3.48. The van der Waals surface area contributed by atoms with Crippen molar-refractivity contribution in [2.24, 2.45) is 0 Å². The zero-order chi connectivity index (χ0) is 17.2. The monoisotopic (exact) mass is 399 g/mol. The van der Waals surface area contributed by atoms with Crippen LogP contribution in [0.4, 0.5) is 5.69 Å². The Bertz CT molecular complexity index is 877. The van der Waals surface area contributed by atoms with Crippen LogP contribution in [0.5, 0.6) is 5.75 Å². The summed E-state index contributed by atoms with van der Waals surface area (Å²) in [7, 11) is 0. The molecule has 1 fully saturated rings. The summed E-state index contributed by atoms with van der Waals surface area (Å²) < 4.78 is 1.07. The van der Waals surface area contributed by atoms with Crippen molar-refractivity contribution in [1.82, 2.24) is 0 Å². The largest absolute Gasteiger partial charge is 0.507 e. The molecule has 1 aromatic heterocycles. The number of aromatic nitrogens is 1. The number of hydrogen-bond acceptors (Lipinski definition) is 2. The normalized spacial score (nSPS) is 15.6. The van der Waals surface area contributed by atoms with E-state index in [4.69, 9.17) is 0 Å². The average Bonchev–Trinajstić information content (AvgIpc) is 2.65. The molecule has 2 heterocycles. The molecule has 128 valence electrons. The maximum Gasteiger partial charge on any atom is 0.169 e. The first-order chi connectivity index (χ1) is 12.2. The maximum atomic E-state index is 10.4. The van der Waals surface area contributed by atoms with Gasteiger partial charge in [0.25, 0.3) is 0 Å². The van der Waals surface area contributed by atoms with Gasteiger partial charge in [-0.25, -0.2) is 4.98 Å². The summed E-state index contributed by atoms with van der Waals surface area (Å²) >= 11 is 3.53. The van der Waals surface area contributed by atoms with Crippen molar-refractivity contribution >= 4 is 32.4 Å². The quantitative estimate of drug-likeness (QED) is 0.707. The Morgan fingerprint density at radius 2 is 1.80 bits per heavy atom. The average molecular weight is 400 g/mol. The second-order valence-electron chi connectivity index (χ2n) is 6.60. The lowest BCUT2D eigenvalue weighted by molar-refractivity contribution is -0.914. The molecule has 5 heteroatoms. The Morgan fingerprint density at radius 3 is 2.56 bits per heavy atom. The van der Waals surface area contributed by atoms with Gasteiger partial charge in [-0.15, -0.1) is 0 Å². The molecule has 0 spiro atoms. The summed E-state index contributed by atoms with van der Waals surface area (Å²) in [5.74, 6) is 0.406. The molecular formula is C20H22BrN3O+2. The summed E-state index contributed by atoms with van der Waals surface area (Å²) in [5, 5.41) is 12.7. The zero-order valence-electron chi connectivity index (χ0n) is 14.0. The predicted molar refractivity (Wildman–Crippen MR) is 103 cm³/mol. The van der Waals surface area contributed by atoms with E-state index >= 15 is 0 Å². The number of pyridine rings is 1. The van der Waals surface area contributed by atoms with Crippen molar-refractivity contribution in [3.05, 3.63) is 64.9 Å². The number of aromatic hydroxyl groups is 1. The van der Waals surface area contributed by atoms with Crippen molar-refractivity contribution in [3.63, 3.8) is 0 Å². The Hall–Kier alpha value is -2.11. The van der Waals surface area contributed by atoms with Gasteiger partial charge >= 0.3 is 0 Å². The number of nitrogens with one attached hydrogen (secondary N) is 2. The molecule has 4 rings (SSSR count). The number of phenols is 1. The highest BCUT2D eigenvalue weighted by atomic mass is 79.9. The second-order valence-corrected chi connectivity index (χ2v) is 7.52. The fourth-order valence-corrected chi connectivity index (χ4v) is 4.01. The number of H-pyrrole nitrogens is 1. The van der Waals surface area contributed by atoms with Gasteiger partial charge in [-0.1, -0.05) is 28.1 Å². The number of hydrogen-bond donors (Lipinski definition) is 2. The Balaban J connectivity index is 1.50. The fraction of sp³-hybridized carbons (Fsp3) is 0.250. The number of halogens is 1. The molecule has 0 aliphatic carbocycles. The molecule has 4 nitrogen and oxygen atoms in total. The van der Waals surface area contributed by atoms with Gasteiger partial charge in [0, 0.05) is 22.3 Å². The lowest BCUT2D eigenvalue weighted by Gasteiger charge is -2.33. The molecule has 1 aliphatic rings. The highest BCUT2D eigenvalue weighted by Gasteiger charge is 2.22. The van der Waals surface area contributed by atoms with E-state index in [0.29, 0.717) is 5.75 Å². The van der Waals surface area contributed by atoms with E-state index in [9.17, 15) is 5.11 Å². The number of benzene rings is 2. The number of aromatic amines is 1. The minimum Gasteiger partial charge on any atom is -0.507 e. The standard InChI is InChI=1S/C20H20BrN3O/c21-16-2-3-18-15(13-16)1-4-20(25)19(18)14-23-9-11-24(12-10-23)17-5-7-22-8-6-17/h1-8,13,25H,9-12,14H2/p+2. The van der Waals surface area contributed by atoms with Gasteiger partial charge in [-0.3, -0.25) is 0 Å². The van der Waals surface area contributed by atoms with Crippen molar-refractivity contribution in [3.8, 4) is 5.75 Å². The Morgan fingerprint density at radius 1 is 1.04 bits per heavy atom. The number of nitrogens with zero attached hydrogens (tertiary/aromatic N) is 1. The first-order valence-corrected chi connectivity index (χ1v) is 9.45. The van der Waals surface area contributed by atoms with Gasteiger partial charge in [0.2, 0.25) is 0 Å². The number of phenolic OH excluding ortho intramolecular Hbond substituents is 1. The van der Waals surface area contributed by atoms with E-state index < -0.39 is 0 Å². The van der Waals surface area contributed by atoms with Gasteiger partial charge in [-0.05, 0) is 29.0 Å². The van der Waals surface area contributed by atoms with Gasteiger partial charge in [-0.2, -0.15) is 0 Å². The van der Waals surface area contributed by atoms with E-state index in [0.717, 1.165) is 48.1 Å². The van der Waals surface area contributed by atoms with Gasteiger partial charge in [0.15, 0.2) is 12.4 Å². The summed E-state index contributed by atoms with van der Waals surface area (Å²) in [4.78, 5) is 7.02. The Kier molecular flexibility index (Phi) is 4.59. The number of fused-ring (bicyclic) bond motifs is 1. The van der Waals surface area contributed by atoms with E-state index in [1.54, 1.807) is 0 Å². The van der Waals surface area contributed by atoms with Crippen molar-refractivity contribution < 1.29 is 15.0 Å². The topological polar surface area (TPSA) is 42.1 Å². The van der Waals surface area contributed by atoms with Crippen LogP contribution >= 0.6 is 15.9 Å². The molecule has 0 unspecified atom stereocenters. The van der Waals surface area contributed by atoms with Crippen LogP contribution in [-0.2, 0) is 6.54 Å². The van der Waals surface area contributed by atoms with Crippen LogP contribution in [0.2, 0.25) is 0 Å². The molecule has 2 aromatic carbocycles. The minimum atomic E-state index is 0.406. The van der Waals surface area contributed by atoms with Crippen LogP contribution in [0.15, 0.2) is 59.3 Å². The first-order valence-electron chi connectivity index (χ1n) is 8.65. The van der Waals surface area contributed by atoms with Crippen LogP contribution in [0.25, 0.3) is 10.8 Å². The van der Waals surface area contributed by atoms with Gasteiger partial charge < -0.3 is 14.9 Å². The molecule has 0 radical (unpaired) electrons. The summed E-state index contributed by atoms with van der Waals surface area (Å²) in [6, 6.07) is 14.3. The van der Waals surface area contributed by atoms with Crippen LogP contribution < -0.4 is 14.8 Å². The molecule has 0 bridgehead atoms. The second kappa shape index (κ2) is 7.02. The molecule has 0 atom stereocenters. The van der Waals surface area contributed by atoms with Crippen LogP contribution in [0, 0.1) is 0 Å². The number of rotatable bonds is 3. The predicted octanol–water partition coefficient (Wildman–Crippen LogP) is 2.03. The minimum absolute atomic E-state index is 0.406. The van der Waals surface area contributed by atoms with E-state index in [-0.39, 0.29) is 0 Å². The van der Waals surface area contributed by atoms with Crippen LogP contribution in [-0.4, -0.2) is 31.3 Å². The molecule has 0 saturated carbocycles. The third-order valence-electron chi connectivity index (χ3n) is 5.03. The van der Waals surface area contributed by atoms with E-state index in [1.807, 2.05) is 30.6 Å². The van der Waals surface area contributed by atoms with Gasteiger partial charge in [0.05, 0.1) is 31.7 Å². The summed E-state index contributed by atoms with van der Waals surface area (Å²) in [5.41, 5.74) is 2.33. The highest BCUT2D eigenvalue weighted by Crippen LogP contribution is 2.28. The molecule has 3 aromatic rings. The number of piperazine rings is 1. The maximum absolute atomic E-state index is 10.4. The van der Waals surface area contributed by atoms with Crippen molar-refractivity contribution in [1.29, 1.82) is 0 Å². The van der Waals surface area contributed by atoms with Crippen molar-refractivity contribution in [2.45, 2.75) is 6.54 Å². The van der Waals surface area contributed by atoms with Crippen molar-refractivity contribution in [2.75, 3.05) is 31.1 Å². The first kappa shape index (κ1) is 16.4. The highest BCUT2D eigenvalue weighted by molar-refractivity contribution is 9.10. The third-order valence-corrected chi connectivity index (χ3v) is 5.53. The lowest BCUT2D eigenvalue weighted by atomic mass is 10.0. The molecule has 0 amide bonds. The zero-order valence-corrected chi connectivity index (χ0v) is 15.6. The SMILES string of the molecule is Oc1ccc2cc(Br)ccc2c1C[NH+]1CCN(c2cc[nH+]cc2)CC1. The van der Waals surface area contributed by atoms with E-state index in [1.165, 1.54) is 16.0 Å². The molecule has 1 saturated heterocycles. The fourth-order valence-electron chi connectivity index (χ4n) is 3.64. The van der Waals surface area contributed by atoms with Crippen LogP contribution in [0.1, 0.15) is 5.56 Å². The number of anilines is 1. The van der Waals surface area contributed by atoms with E-state index in [2.05, 4.69) is 50.1 Å². The molecule has 1 aliphatic heterocycles. The Labute approximate surface area is 155 Å². The molecule has 3 N–H and O–H groups in total. The van der Waals surface area contributed by atoms with Gasteiger partial charge in [0.1, 0.15) is 12.3 Å². The summed E-state index contributed by atoms with van der Waals surface area (Å²) in [6.45, 7) is 5.09. The lowest BCUT2D eigenvalue weighted by Crippen LogP contribution is -3.13. The van der Waals surface area contributed by atoms with Crippen LogP contribution in [0.3, 0.4) is 0 Å².